The minimum atomic E-state index is -0.372. The molecule has 282 valence electrons. The molecule has 1 atom stereocenters. The van der Waals surface area contributed by atoms with E-state index in [4.69, 9.17) is 43.6 Å². The number of likely N-dealkylation sites (N-methyl/N-ethyl adjacent to an activating group) is 1. The molecule has 0 heterocycles. The van der Waals surface area contributed by atoms with Crippen molar-refractivity contribution >= 4 is 33.7 Å². The summed E-state index contributed by atoms with van der Waals surface area (Å²) in [5.41, 5.74) is 6.23. The predicted molar refractivity (Wildman–Crippen MR) is 186 cm³/mol. The normalized spacial score (nSPS) is 11.8. The molecule has 0 aliphatic carbocycles. The highest BCUT2D eigenvalue weighted by atomic mass is 79.9. The van der Waals surface area contributed by atoms with Gasteiger partial charge in [-0.1, -0.05) is 28.1 Å². The summed E-state index contributed by atoms with van der Waals surface area (Å²) in [4.78, 5) is 34.8. The van der Waals surface area contributed by atoms with E-state index in [1.54, 1.807) is 7.05 Å². The van der Waals surface area contributed by atoms with Crippen molar-refractivity contribution in [3.63, 3.8) is 0 Å². The summed E-state index contributed by atoms with van der Waals surface area (Å²) in [5.74, 6) is -0.593. The monoisotopic (exact) mass is 764 g/mol. The van der Waals surface area contributed by atoms with Crippen LogP contribution < -0.4 is 21.7 Å². The van der Waals surface area contributed by atoms with E-state index < -0.39 is 0 Å². The summed E-state index contributed by atoms with van der Waals surface area (Å²) in [7, 11) is 1.70. The Hall–Kier alpha value is -2.25. The Bertz CT molecular complexity index is 963. The first-order valence-corrected chi connectivity index (χ1v) is 17.6. The van der Waals surface area contributed by atoms with Crippen LogP contribution in [0.2, 0.25) is 0 Å². The molecule has 0 unspecified atom stereocenters. The Morgan fingerprint density at radius 2 is 1.04 bits per heavy atom. The van der Waals surface area contributed by atoms with Crippen LogP contribution in [0.5, 0.6) is 0 Å². The minimum absolute atomic E-state index is 0.0268. The maximum Gasteiger partial charge on any atom is 0.245 e. The number of hydrogen-bond acceptors (Lipinski definition) is 12. The summed E-state index contributed by atoms with van der Waals surface area (Å²) in [5, 5.41) is 8.48. The number of carbonyl (C=O) groups excluding carboxylic acids is 3. The van der Waals surface area contributed by atoms with Gasteiger partial charge in [-0.15, -0.1) is 0 Å². The van der Waals surface area contributed by atoms with Crippen LogP contribution in [0.4, 0.5) is 0 Å². The number of unbranched alkanes of at least 4 members (excludes halogenated alkanes) is 1. The van der Waals surface area contributed by atoms with E-state index in [9.17, 15) is 14.4 Å². The lowest BCUT2D eigenvalue weighted by Crippen LogP contribution is -2.39. The first-order valence-electron chi connectivity index (χ1n) is 16.8. The molecule has 0 bridgehead atoms. The van der Waals surface area contributed by atoms with Gasteiger partial charge in [-0.05, 0) is 44.0 Å². The van der Waals surface area contributed by atoms with Crippen molar-refractivity contribution in [3.8, 4) is 0 Å². The first-order chi connectivity index (χ1) is 23.9. The highest BCUT2D eigenvalue weighted by molar-refractivity contribution is 9.10. The zero-order valence-electron chi connectivity index (χ0n) is 28.9. The average Bonchev–Trinajstić information content (AvgIpc) is 3.08. The number of nitrogens with two attached hydrogens (primary N) is 1. The molecule has 0 radical (unpaired) electrons. The third kappa shape index (κ3) is 29.2. The van der Waals surface area contributed by atoms with Gasteiger partial charge in [-0.2, -0.15) is 0 Å². The van der Waals surface area contributed by atoms with E-state index in [1.807, 2.05) is 24.3 Å². The maximum absolute atomic E-state index is 11.9. The van der Waals surface area contributed by atoms with E-state index >= 15 is 0 Å². The standard InChI is InChI=1S/C33H57BrN4O11/c1-36-30(33(35)41)4-2-3-9-37-32(40)27-49-25-24-48-23-22-47-21-20-46-19-18-45-17-16-44-15-14-43-13-12-42-11-10-38-31(39)26-28-5-7-29(34)8-6-28/h5-8,30,36H,2-4,9-27H2,1H3,(H2,35,41)(H,37,40)(H,38,39)/t30-/m1/s1. The Labute approximate surface area is 299 Å². The fourth-order valence-corrected chi connectivity index (χ4v) is 4.26. The summed E-state index contributed by atoms with van der Waals surface area (Å²) < 4.78 is 44.5. The van der Waals surface area contributed by atoms with Gasteiger partial charge in [0.2, 0.25) is 17.7 Å². The van der Waals surface area contributed by atoms with Gasteiger partial charge in [0.1, 0.15) is 6.61 Å². The highest BCUT2D eigenvalue weighted by Crippen LogP contribution is 2.10. The van der Waals surface area contributed by atoms with Gasteiger partial charge in [-0.3, -0.25) is 14.4 Å². The van der Waals surface area contributed by atoms with Gasteiger partial charge in [0.25, 0.3) is 0 Å². The van der Waals surface area contributed by atoms with E-state index in [2.05, 4.69) is 31.9 Å². The molecule has 1 aromatic rings. The lowest BCUT2D eigenvalue weighted by molar-refractivity contribution is -0.126. The number of ether oxygens (including phenoxy) is 8. The van der Waals surface area contributed by atoms with Crippen LogP contribution in [0.3, 0.4) is 0 Å². The predicted octanol–water partition coefficient (Wildman–Crippen LogP) is 0.600. The number of hydrogen-bond donors (Lipinski definition) is 4. The molecule has 0 saturated heterocycles. The zero-order valence-corrected chi connectivity index (χ0v) is 30.5. The molecular weight excluding hydrogens is 708 g/mol. The second-order valence-electron chi connectivity index (χ2n) is 10.6. The Morgan fingerprint density at radius 3 is 1.49 bits per heavy atom. The SMILES string of the molecule is CN[C@H](CCCCNC(=O)COCCOCCOCCOCCOCCOCCOCCOCCNC(=O)Cc1ccc(Br)cc1)C(N)=O. The molecule has 15 nitrogen and oxygen atoms in total. The van der Waals surface area contributed by atoms with Crippen molar-refractivity contribution in [2.24, 2.45) is 5.73 Å². The molecule has 0 aromatic heterocycles. The second kappa shape index (κ2) is 32.9. The van der Waals surface area contributed by atoms with Crippen LogP contribution in [0.25, 0.3) is 0 Å². The molecule has 0 spiro atoms. The van der Waals surface area contributed by atoms with Crippen LogP contribution in [0.15, 0.2) is 28.7 Å². The topological polar surface area (TPSA) is 187 Å². The van der Waals surface area contributed by atoms with E-state index in [1.165, 1.54) is 0 Å². The number of nitrogens with one attached hydrogen (secondary N) is 3. The number of carbonyl (C=O) groups is 3. The summed E-state index contributed by atoms with van der Waals surface area (Å²) in [6, 6.07) is 7.33. The van der Waals surface area contributed by atoms with Gasteiger partial charge in [0.15, 0.2) is 0 Å². The molecule has 1 aromatic carbocycles. The van der Waals surface area contributed by atoms with E-state index in [0.29, 0.717) is 125 Å². The molecule has 16 heteroatoms. The quantitative estimate of drug-likeness (QED) is 0.0707. The Morgan fingerprint density at radius 1 is 0.612 bits per heavy atom. The smallest absolute Gasteiger partial charge is 0.245 e. The van der Waals surface area contributed by atoms with Crippen molar-refractivity contribution in [1.29, 1.82) is 0 Å². The lowest BCUT2D eigenvalue weighted by Gasteiger charge is -2.12. The molecule has 49 heavy (non-hydrogen) atoms. The third-order valence-corrected chi connectivity index (χ3v) is 7.15. The molecule has 0 saturated carbocycles. The number of halogens is 1. The van der Waals surface area contributed by atoms with Gasteiger partial charge in [0, 0.05) is 17.6 Å². The molecule has 0 aliphatic heterocycles. The number of benzene rings is 1. The molecule has 0 aliphatic rings. The Balaban J connectivity index is 1.70. The second-order valence-corrected chi connectivity index (χ2v) is 11.5. The van der Waals surface area contributed by atoms with Crippen LogP contribution in [-0.4, -0.2) is 150 Å². The largest absolute Gasteiger partial charge is 0.377 e. The van der Waals surface area contributed by atoms with Crippen molar-refractivity contribution in [2.75, 3.05) is 126 Å². The van der Waals surface area contributed by atoms with Crippen molar-refractivity contribution < 1.29 is 52.3 Å². The van der Waals surface area contributed by atoms with Crippen molar-refractivity contribution in [2.45, 2.75) is 31.7 Å². The molecule has 0 fully saturated rings. The number of amides is 3. The molecular formula is C33H57BrN4O11. The molecule has 5 N–H and O–H groups in total. The van der Waals surface area contributed by atoms with Crippen LogP contribution in [0, 0.1) is 0 Å². The van der Waals surface area contributed by atoms with Crippen molar-refractivity contribution in [3.05, 3.63) is 34.3 Å². The lowest BCUT2D eigenvalue weighted by atomic mass is 10.1. The minimum Gasteiger partial charge on any atom is -0.377 e. The van der Waals surface area contributed by atoms with Crippen LogP contribution >= 0.6 is 15.9 Å². The van der Waals surface area contributed by atoms with E-state index in [0.717, 1.165) is 22.9 Å². The van der Waals surface area contributed by atoms with Gasteiger partial charge >= 0.3 is 0 Å². The van der Waals surface area contributed by atoms with Gasteiger partial charge < -0.3 is 59.6 Å². The zero-order chi connectivity index (χ0) is 35.6. The first kappa shape index (κ1) is 44.8. The summed E-state index contributed by atoms with van der Waals surface area (Å²) in [6.07, 6.45) is 2.52. The fraction of sp³-hybridized carbons (Fsp3) is 0.727. The third-order valence-electron chi connectivity index (χ3n) is 6.62. The summed E-state index contributed by atoms with van der Waals surface area (Å²) >= 11 is 3.38. The number of rotatable bonds is 35. The van der Waals surface area contributed by atoms with Gasteiger partial charge in [-0.25, -0.2) is 0 Å². The summed E-state index contributed by atoms with van der Waals surface area (Å²) in [6.45, 7) is 7.57. The van der Waals surface area contributed by atoms with Crippen LogP contribution in [0.1, 0.15) is 24.8 Å². The van der Waals surface area contributed by atoms with Crippen LogP contribution in [-0.2, 0) is 58.7 Å². The Kier molecular flexibility index (Phi) is 30.1. The van der Waals surface area contributed by atoms with Gasteiger partial charge in [0.05, 0.1) is 112 Å². The molecule has 1 rings (SSSR count). The molecule has 3 amide bonds. The highest BCUT2D eigenvalue weighted by Gasteiger charge is 2.11. The van der Waals surface area contributed by atoms with E-state index in [-0.39, 0.29) is 30.4 Å². The average molecular weight is 766 g/mol. The number of primary amides is 1. The fourth-order valence-electron chi connectivity index (χ4n) is 4.00. The maximum atomic E-state index is 11.9. The van der Waals surface area contributed by atoms with Crippen molar-refractivity contribution in [1.82, 2.24) is 16.0 Å².